The zero-order chi connectivity index (χ0) is 13.5. The minimum absolute atomic E-state index is 0.432. The molecular formula is C17H28N2. The first kappa shape index (κ1) is 14.5. The van der Waals surface area contributed by atoms with E-state index in [-0.39, 0.29) is 0 Å². The fourth-order valence-electron chi connectivity index (χ4n) is 3.06. The third kappa shape index (κ3) is 4.96. The standard InChI is InChI=1S/C17H28N2/c1-14(13-17-11-7-4-8-12-18-17)19-15(2)16-9-5-3-6-10-16/h3,5-6,9-10,14-15,17-19H,4,7-8,11-13H2,1-2H3/t14?,15-,17?/m0/s1. The largest absolute Gasteiger partial charge is 0.314 e. The molecule has 0 spiro atoms. The van der Waals surface area contributed by atoms with Crippen molar-refractivity contribution in [1.82, 2.24) is 10.6 Å². The second-order valence-electron chi connectivity index (χ2n) is 5.94. The Kier molecular flexibility index (Phi) is 5.87. The van der Waals surface area contributed by atoms with E-state index >= 15 is 0 Å². The molecule has 1 aliphatic heterocycles. The molecule has 2 unspecified atom stereocenters. The molecule has 0 aromatic heterocycles. The van der Waals surface area contributed by atoms with E-state index in [0.717, 1.165) is 0 Å². The van der Waals surface area contributed by atoms with Gasteiger partial charge in [0.15, 0.2) is 0 Å². The summed E-state index contributed by atoms with van der Waals surface area (Å²) in [5.74, 6) is 0. The van der Waals surface area contributed by atoms with Crippen molar-refractivity contribution in [3.8, 4) is 0 Å². The van der Waals surface area contributed by atoms with Crippen LogP contribution in [0.1, 0.15) is 57.6 Å². The molecule has 1 saturated heterocycles. The molecule has 2 N–H and O–H groups in total. The second kappa shape index (κ2) is 7.66. The van der Waals surface area contributed by atoms with Gasteiger partial charge in [0.1, 0.15) is 0 Å². The Morgan fingerprint density at radius 2 is 1.95 bits per heavy atom. The molecular weight excluding hydrogens is 232 g/mol. The smallest absolute Gasteiger partial charge is 0.0294 e. The molecule has 1 aliphatic rings. The minimum Gasteiger partial charge on any atom is -0.314 e. The summed E-state index contributed by atoms with van der Waals surface area (Å²) in [6.45, 7) is 5.77. The summed E-state index contributed by atoms with van der Waals surface area (Å²) in [7, 11) is 0. The Morgan fingerprint density at radius 1 is 1.16 bits per heavy atom. The molecule has 3 atom stereocenters. The van der Waals surface area contributed by atoms with E-state index in [1.807, 2.05) is 0 Å². The molecule has 0 aliphatic carbocycles. The Bertz CT molecular complexity index is 342. The molecule has 1 heterocycles. The molecule has 1 fully saturated rings. The third-order valence-electron chi connectivity index (χ3n) is 4.13. The van der Waals surface area contributed by atoms with Gasteiger partial charge in [0.2, 0.25) is 0 Å². The Balaban J connectivity index is 1.78. The van der Waals surface area contributed by atoms with Gasteiger partial charge in [-0.3, -0.25) is 0 Å². The summed E-state index contributed by atoms with van der Waals surface area (Å²) in [4.78, 5) is 0. The van der Waals surface area contributed by atoms with Crippen LogP contribution in [-0.4, -0.2) is 18.6 Å². The van der Waals surface area contributed by atoms with Crippen molar-refractivity contribution >= 4 is 0 Å². The summed E-state index contributed by atoms with van der Waals surface area (Å²) in [6.07, 6.45) is 6.70. The molecule has 0 radical (unpaired) electrons. The van der Waals surface area contributed by atoms with Crippen molar-refractivity contribution in [3.63, 3.8) is 0 Å². The lowest BCUT2D eigenvalue weighted by Crippen LogP contribution is -2.37. The zero-order valence-electron chi connectivity index (χ0n) is 12.4. The van der Waals surface area contributed by atoms with Gasteiger partial charge in [-0.15, -0.1) is 0 Å². The highest BCUT2D eigenvalue weighted by Crippen LogP contribution is 2.16. The van der Waals surface area contributed by atoms with Gasteiger partial charge in [-0.1, -0.05) is 43.2 Å². The molecule has 0 amide bonds. The number of hydrogen-bond acceptors (Lipinski definition) is 2. The van der Waals surface area contributed by atoms with E-state index in [2.05, 4.69) is 54.8 Å². The number of benzene rings is 1. The predicted octanol–water partition coefficient (Wildman–Crippen LogP) is 3.65. The van der Waals surface area contributed by atoms with Crippen LogP contribution in [0.15, 0.2) is 30.3 Å². The van der Waals surface area contributed by atoms with Gasteiger partial charge in [0, 0.05) is 18.1 Å². The SMILES string of the molecule is CC(CC1CCCCCN1)N[C@@H](C)c1ccccc1. The van der Waals surface area contributed by atoms with Crippen molar-refractivity contribution in [2.45, 2.75) is 64.1 Å². The fourth-order valence-corrected chi connectivity index (χ4v) is 3.06. The summed E-state index contributed by atoms with van der Waals surface area (Å²) in [5.41, 5.74) is 1.38. The maximum atomic E-state index is 3.72. The highest BCUT2D eigenvalue weighted by molar-refractivity contribution is 5.18. The molecule has 1 aromatic rings. The molecule has 0 bridgehead atoms. The molecule has 2 heteroatoms. The Labute approximate surface area is 118 Å². The van der Waals surface area contributed by atoms with Crippen LogP contribution >= 0.6 is 0 Å². The van der Waals surface area contributed by atoms with Gasteiger partial charge >= 0.3 is 0 Å². The quantitative estimate of drug-likeness (QED) is 0.844. The molecule has 106 valence electrons. The molecule has 2 rings (SSSR count). The van der Waals surface area contributed by atoms with Crippen molar-refractivity contribution in [2.75, 3.05) is 6.54 Å². The molecule has 0 saturated carbocycles. The van der Waals surface area contributed by atoms with Gasteiger partial charge in [0.05, 0.1) is 0 Å². The van der Waals surface area contributed by atoms with Crippen molar-refractivity contribution in [3.05, 3.63) is 35.9 Å². The van der Waals surface area contributed by atoms with Crippen LogP contribution in [0.25, 0.3) is 0 Å². The number of nitrogens with one attached hydrogen (secondary N) is 2. The highest BCUT2D eigenvalue weighted by atomic mass is 15.0. The van der Waals surface area contributed by atoms with Crippen molar-refractivity contribution < 1.29 is 0 Å². The average Bonchev–Trinajstić information content (AvgIpc) is 2.68. The fraction of sp³-hybridized carbons (Fsp3) is 0.647. The summed E-state index contributed by atoms with van der Waals surface area (Å²) in [6, 6.07) is 12.4. The molecule has 2 nitrogen and oxygen atoms in total. The van der Waals surface area contributed by atoms with Crippen LogP contribution in [0.3, 0.4) is 0 Å². The van der Waals surface area contributed by atoms with Gasteiger partial charge in [-0.25, -0.2) is 0 Å². The van der Waals surface area contributed by atoms with Crippen LogP contribution in [0.2, 0.25) is 0 Å². The number of rotatable bonds is 5. The lowest BCUT2D eigenvalue weighted by atomic mass is 10.0. The van der Waals surface area contributed by atoms with Gasteiger partial charge in [0.25, 0.3) is 0 Å². The first-order valence-electron chi connectivity index (χ1n) is 7.80. The Morgan fingerprint density at radius 3 is 2.74 bits per heavy atom. The third-order valence-corrected chi connectivity index (χ3v) is 4.13. The van der Waals surface area contributed by atoms with Gasteiger partial charge in [-0.05, 0) is 45.2 Å². The van der Waals surface area contributed by atoms with Crippen LogP contribution in [0.5, 0.6) is 0 Å². The van der Waals surface area contributed by atoms with E-state index in [4.69, 9.17) is 0 Å². The lowest BCUT2D eigenvalue weighted by molar-refractivity contribution is 0.380. The molecule has 1 aromatic carbocycles. The van der Waals surface area contributed by atoms with Gasteiger partial charge in [-0.2, -0.15) is 0 Å². The van der Waals surface area contributed by atoms with E-state index < -0.39 is 0 Å². The normalized spacial score (nSPS) is 23.6. The van der Waals surface area contributed by atoms with Crippen LogP contribution in [0.4, 0.5) is 0 Å². The van der Waals surface area contributed by atoms with Crippen molar-refractivity contribution in [2.24, 2.45) is 0 Å². The predicted molar refractivity (Wildman–Crippen MR) is 82.3 cm³/mol. The summed E-state index contributed by atoms with van der Waals surface area (Å²) < 4.78 is 0. The maximum absolute atomic E-state index is 3.72. The van der Waals surface area contributed by atoms with Crippen LogP contribution in [0, 0.1) is 0 Å². The van der Waals surface area contributed by atoms with Crippen molar-refractivity contribution in [1.29, 1.82) is 0 Å². The van der Waals surface area contributed by atoms with E-state index in [9.17, 15) is 0 Å². The van der Waals surface area contributed by atoms with Gasteiger partial charge < -0.3 is 10.6 Å². The topological polar surface area (TPSA) is 24.1 Å². The lowest BCUT2D eigenvalue weighted by Gasteiger charge is -2.25. The average molecular weight is 260 g/mol. The number of hydrogen-bond donors (Lipinski definition) is 2. The zero-order valence-corrected chi connectivity index (χ0v) is 12.4. The van der Waals surface area contributed by atoms with Crippen LogP contribution < -0.4 is 10.6 Å². The maximum Gasteiger partial charge on any atom is 0.0294 e. The minimum atomic E-state index is 0.432. The summed E-state index contributed by atoms with van der Waals surface area (Å²) >= 11 is 0. The van der Waals surface area contributed by atoms with E-state index in [1.54, 1.807) is 0 Å². The second-order valence-corrected chi connectivity index (χ2v) is 5.94. The van der Waals surface area contributed by atoms with E-state index in [1.165, 1.54) is 44.2 Å². The molecule has 19 heavy (non-hydrogen) atoms. The monoisotopic (exact) mass is 260 g/mol. The Hall–Kier alpha value is -0.860. The first-order valence-corrected chi connectivity index (χ1v) is 7.80. The first-order chi connectivity index (χ1) is 9.25. The highest BCUT2D eigenvalue weighted by Gasteiger charge is 2.16. The summed E-state index contributed by atoms with van der Waals surface area (Å²) in [5, 5.41) is 7.41. The van der Waals surface area contributed by atoms with E-state index in [0.29, 0.717) is 18.1 Å². The van der Waals surface area contributed by atoms with Crippen LogP contribution in [-0.2, 0) is 0 Å².